The third-order valence-electron chi connectivity index (χ3n) is 2.45. The number of ether oxygens (including phenoxy) is 1. The van der Waals surface area contributed by atoms with Crippen molar-refractivity contribution in [2.45, 2.75) is 13.0 Å². The van der Waals surface area contributed by atoms with Crippen LogP contribution in [0, 0.1) is 6.92 Å². The van der Waals surface area contributed by atoms with Crippen LogP contribution in [-0.4, -0.2) is 19.9 Å². The smallest absolute Gasteiger partial charge is 0.137 e. The molecule has 1 aromatic carbocycles. The lowest BCUT2D eigenvalue weighted by atomic mass is 10.0. The first-order valence-corrected chi connectivity index (χ1v) is 5.77. The van der Waals surface area contributed by atoms with Gasteiger partial charge in [-0.05, 0) is 37.2 Å². The van der Waals surface area contributed by atoms with Gasteiger partial charge in [0, 0.05) is 11.8 Å². The predicted molar refractivity (Wildman–Crippen MR) is 68.4 cm³/mol. The van der Waals surface area contributed by atoms with Gasteiger partial charge < -0.3 is 10.1 Å². The van der Waals surface area contributed by atoms with Gasteiger partial charge >= 0.3 is 0 Å². The van der Waals surface area contributed by atoms with E-state index in [0.717, 1.165) is 11.3 Å². The summed E-state index contributed by atoms with van der Waals surface area (Å²) in [7, 11) is 3.53. The molecule has 0 amide bonds. The van der Waals surface area contributed by atoms with E-state index in [4.69, 9.17) is 16.3 Å². The predicted octanol–water partition coefficient (Wildman–Crippen LogP) is 2.85. The first-order valence-electron chi connectivity index (χ1n) is 4.76. The number of halogens is 1. The Bertz CT molecular complexity index is 340. The van der Waals surface area contributed by atoms with Gasteiger partial charge in [0.1, 0.15) is 5.75 Å². The van der Waals surface area contributed by atoms with Gasteiger partial charge in [-0.3, -0.25) is 0 Å². The molecule has 0 radical (unpaired) electrons. The minimum absolute atomic E-state index is 0.219. The molecule has 1 rings (SSSR count). The van der Waals surface area contributed by atoms with Crippen LogP contribution in [0.2, 0.25) is 5.02 Å². The zero-order chi connectivity index (χ0) is 11.4. The monoisotopic (exact) mass is 245 g/mol. The van der Waals surface area contributed by atoms with Crippen LogP contribution in [0.3, 0.4) is 0 Å². The maximum absolute atomic E-state index is 6.08. The van der Waals surface area contributed by atoms with E-state index in [0.29, 0.717) is 10.8 Å². The van der Waals surface area contributed by atoms with Gasteiger partial charge in [0.2, 0.25) is 0 Å². The summed E-state index contributed by atoms with van der Waals surface area (Å²) in [5, 5.41) is 3.84. The van der Waals surface area contributed by atoms with E-state index < -0.39 is 0 Å². The van der Waals surface area contributed by atoms with Crippen molar-refractivity contribution in [2.75, 3.05) is 19.9 Å². The second-order valence-corrected chi connectivity index (χ2v) is 4.14. The zero-order valence-electron chi connectivity index (χ0n) is 9.17. The van der Waals surface area contributed by atoms with Crippen molar-refractivity contribution in [3.05, 3.63) is 28.3 Å². The summed E-state index contributed by atoms with van der Waals surface area (Å²) in [5.41, 5.74) is 2.32. The Morgan fingerprint density at radius 1 is 1.53 bits per heavy atom. The summed E-state index contributed by atoms with van der Waals surface area (Å²) in [6, 6.07) is 4.11. The van der Waals surface area contributed by atoms with Crippen LogP contribution in [0.15, 0.2) is 12.1 Å². The number of nitrogens with one attached hydrogen (secondary N) is 1. The Morgan fingerprint density at radius 3 is 2.67 bits per heavy atom. The Balaban J connectivity index is 3.14. The summed E-state index contributed by atoms with van der Waals surface area (Å²) < 4.78 is 5.16. The largest absolute Gasteiger partial charge is 0.495 e. The van der Waals surface area contributed by atoms with E-state index in [1.807, 2.05) is 26.1 Å². The summed E-state index contributed by atoms with van der Waals surface area (Å²) in [6.45, 7) is 2.04. The molecule has 0 aliphatic rings. The highest BCUT2D eigenvalue weighted by molar-refractivity contribution is 7.80. The van der Waals surface area contributed by atoms with Crippen molar-refractivity contribution in [1.82, 2.24) is 5.32 Å². The van der Waals surface area contributed by atoms with Crippen LogP contribution in [0.25, 0.3) is 0 Å². The van der Waals surface area contributed by atoms with Gasteiger partial charge in [-0.25, -0.2) is 0 Å². The lowest BCUT2D eigenvalue weighted by Gasteiger charge is -2.18. The summed E-state index contributed by atoms with van der Waals surface area (Å²) in [5.74, 6) is 1.45. The highest BCUT2D eigenvalue weighted by Crippen LogP contribution is 2.30. The molecule has 1 aromatic rings. The molecule has 1 N–H and O–H groups in total. The maximum atomic E-state index is 6.08. The molecule has 15 heavy (non-hydrogen) atoms. The standard InChI is InChI=1S/C11H16ClNOS/c1-7-4-11(14-3)9(12)5-8(7)10(6-15)13-2/h4-5,10,13,15H,6H2,1-3H3. The van der Waals surface area contributed by atoms with Crippen molar-refractivity contribution in [3.63, 3.8) is 0 Å². The molecular weight excluding hydrogens is 230 g/mol. The molecule has 0 aliphatic heterocycles. The molecule has 1 atom stereocenters. The summed E-state index contributed by atoms with van der Waals surface area (Å²) in [4.78, 5) is 0. The molecular formula is C11H16ClNOS. The highest BCUT2D eigenvalue weighted by atomic mass is 35.5. The van der Waals surface area contributed by atoms with Gasteiger partial charge in [0.05, 0.1) is 12.1 Å². The fraction of sp³-hybridized carbons (Fsp3) is 0.455. The molecule has 0 spiro atoms. The van der Waals surface area contributed by atoms with Gasteiger partial charge in [-0.15, -0.1) is 0 Å². The Labute approximate surface area is 101 Å². The number of aryl methyl sites for hydroxylation is 1. The van der Waals surface area contributed by atoms with E-state index >= 15 is 0 Å². The van der Waals surface area contributed by atoms with Crippen molar-refractivity contribution in [1.29, 1.82) is 0 Å². The van der Waals surface area contributed by atoms with E-state index in [2.05, 4.69) is 17.9 Å². The van der Waals surface area contributed by atoms with E-state index in [1.165, 1.54) is 5.56 Å². The number of thiol groups is 1. The minimum Gasteiger partial charge on any atom is -0.495 e. The van der Waals surface area contributed by atoms with Gasteiger partial charge in [-0.2, -0.15) is 12.6 Å². The molecule has 0 saturated heterocycles. The zero-order valence-corrected chi connectivity index (χ0v) is 10.8. The first-order chi connectivity index (χ1) is 7.13. The fourth-order valence-electron chi connectivity index (χ4n) is 1.55. The van der Waals surface area contributed by atoms with Gasteiger partial charge in [0.25, 0.3) is 0 Å². The second kappa shape index (κ2) is 5.64. The number of benzene rings is 1. The average molecular weight is 246 g/mol. The van der Waals surface area contributed by atoms with Crippen LogP contribution in [0.4, 0.5) is 0 Å². The quantitative estimate of drug-likeness (QED) is 0.796. The third kappa shape index (κ3) is 2.80. The molecule has 0 aliphatic carbocycles. The minimum atomic E-state index is 0.219. The SMILES string of the molecule is CNC(CS)c1cc(Cl)c(OC)cc1C. The number of hydrogen-bond donors (Lipinski definition) is 2. The van der Waals surface area contributed by atoms with Crippen molar-refractivity contribution >= 4 is 24.2 Å². The Kier molecular flexibility index (Phi) is 4.77. The van der Waals surface area contributed by atoms with Crippen LogP contribution < -0.4 is 10.1 Å². The molecule has 1 unspecified atom stereocenters. The van der Waals surface area contributed by atoms with Gasteiger partial charge in [-0.1, -0.05) is 11.6 Å². The van der Waals surface area contributed by atoms with E-state index in [-0.39, 0.29) is 6.04 Å². The average Bonchev–Trinajstić information content (AvgIpc) is 2.24. The molecule has 0 aromatic heterocycles. The highest BCUT2D eigenvalue weighted by Gasteiger charge is 2.13. The molecule has 2 nitrogen and oxygen atoms in total. The summed E-state index contributed by atoms with van der Waals surface area (Å²) in [6.07, 6.45) is 0. The maximum Gasteiger partial charge on any atom is 0.137 e. The van der Waals surface area contributed by atoms with Crippen LogP contribution in [0.1, 0.15) is 17.2 Å². The number of hydrogen-bond acceptors (Lipinski definition) is 3. The van der Waals surface area contributed by atoms with Crippen molar-refractivity contribution in [3.8, 4) is 5.75 Å². The second-order valence-electron chi connectivity index (χ2n) is 3.37. The van der Waals surface area contributed by atoms with Crippen LogP contribution in [-0.2, 0) is 0 Å². The van der Waals surface area contributed by atoms with Gasteiger partial charge in [0.15, 0.2) is 0 Å². The van der Waals surface area contributed by atoms with Crippen LogP contribution in [0.5, 0.6) is 5.75 Å². The van der Waals surface area contributed by atoms with E-state index in [1.54, 1.807) is 7.11 Å². The van der Waals surface area contributed by atoms with Crippen molar-refractivity contribution < 1.29 is 4.74 Å². The van der Waals surface area contributed by atoms with Crippen molar-refractivity contribution in [2.24, 2.45) is 0 Å². The van der Waals surface area contributed by atoms with Crippen LogP contribution >= 0.6 is 24.2 Å². The molecule has 4 heteroatoms. The Morgan fingerprint density at radius 2 is 2.20 bits per heavy atom. The molecule has 0 bridgehead atoms. The molecule has 0 saturated carbocycles. The lowest BCUT2D eigenvalue weighted by molar-refractivity contribution is 0.414. The normalized spacial score (nSPS) is 12.6. The number of rotatable bonds is 4. The third-order valence-corrected chi connectivity index (χ3v) is 3.11. The fourth-order valence-corrected chi connectivity index (χ4v) is 2.18. The Hall–Kier alpha value is -0.380. The number of methoxy groups -OCH3 is 1. The van der Waals surface area contributed by atoms with E-state index in [9.17, 15) is 0 Å². The first kappa shape index (κ1) is 12.7. The summed E-state index contributed by atoms with van der Waals surface area (Å²) >= 11 is 10.4. The molecule has 0 heterocycles. The topological polar surface area (TPSA) is 21.3 Å². The molecule has 84 valence electrons. The lowest BCUT2D eigenvalue weighted by Crippen LogP contribution is -2.18. The molecule has 0 fully saturated rings.